The van der Waals surface area contributed by atoms with Gasteiger partial charge in [0.15, 0.2) is 0 Å². The third kappa shape index (κ3) is 3.22. The molecule has 1 N–H and O–H groups in total. The molecule has 3 rings (SSSR count). The van der Waals surface area contributed by atoms with Gasteiger partial charge in [0.05, 0.1) is 23.3 Å². The number of fused-ring (bicyclic) bond motifs is 1. The summed E-state index contributed by atoms with van der Waals surface area (Å²) in [6.07, 6.45) is 3.51. The van der Waals surface area contributed by atoms with Gasteiger partial charge in [0.1, 0.15) is 0 Å². The predicted molar refractivity (Wildman–Crippen MR) is 94.6 cm³/mol. The zero-order chi connectivity index (χ0) is 16.2. The third-order valence-electron chi connectivity index (χ3n) is 4.00. The molecule has 3 nitrogen and oxygen atoms in total. The molecule has 0 aliphatic heterocycles. The Morgan fingerprint density at radius 1 is 1.00 bits per heavy atom. The molecule has 0 saturated carbocycles. The molecule has 1 aromatic heterocycles. The highest BCUT2D eigenvalue weighted by molar-refractivity contribution is 5.82. The van der Waals surface area contributed by atoms with E-state index < -0.39 is 0 Å². The van der Waals surface area contributed by atoms with Crippen LogP contribution in [-0.4, -0.2) is 10.2 Å². The quantitative estimate of drug-likeness (QED) is 0.725. The summed E-state index contributed by atoms with van der Waals surface area (Å²) < 4.78 is 0. The van der Waals surface area contributed by atoms with Crippen molar-refractivity contribution in [3.05, 3.63) is 78.5 Å². The normalized spacial score (nSPS) is 10.4. The van der Waals surface area contributed by atoms with E-state index in [4.69, 9.17) is 5.26 Å². The Hall–Kier alpha value is -3.12. The van der Waals surface area contributed by atoms with Crippen molar-refractivity contribution in [1.29, 1.82) is 5.26 Å². The molecule has 0 atom stereocenters. The summed E-state index contributed by atoms with van der Waals surface area (Å²) >= 11 is 0. The monoisotopic (exact) mass is 299 g/mol. The largest absolute Gasteiger partial charge is 0.278 e. The molecule has 23 heavy (non-hydrogen) atoms. The summed E-state index contributed by atoms with van der Waals surface area (Å²) in [6.45, 7) is 8.34. The van der Waals surface area contributed by atoms with E-state index in [1.807, 2.05) is 36.5 Å². The van der Waals surface area contributed by atoms with Gasteiger partial charge in [-0.05, 0) is 59.4 Å². The molecule has 112 valence electrons. The summed E-state index contributed by atoms with van der Waals surface area (Å²) in [5.74, 6) is 0. The average molecular weight is 299 g/mol. The van der Waals surface area contributed by atoms with Crippen LogP contribution < -0.4 is 0 Å². The molecule has 0 radical (unpaired) electrons. The van der Waals surface area contributed by atoms with Crippen LogP contribution in [0.25, 0.3) is 22.0 Å². The molecule has 0 bridgehead atoms. The predicted octanol–water partition coefficient (Wildman–Crippen LogP) is 4.94. The minimum absolute atomic E-state index is 0.666. The number of hydrogen-bond acceptors (Lipinski definition) is 2. The number of H-pyrrole nitrogens is 1. The highest BCUT2D eigenvalue weighted by Gasteiger charge is 2.05. The van der Waals surface area contributed by atoms with Gasteiger partial charge in [-0.2, -0.15) is 10.4 Å². The number of allylic oxidation sites excluding steroid dienone is 2. The summed E-state index contributed by atoms with van der Waals surface area (Å²) in [5.41, 5.74) is 6.04. The van der Waals surface area contributed by atoms with Gasteiger partial charge in [-0.25, -0.2) is 0 Å². The molecule has 0 saturated heterocycles. The first-order valence-electron chi connectivity index (χ1n) is 7.47. The van der Waals surface area contributed by atoms with Crippen LogP contribution in [0.1, 0.15) is 29.5 Å². The van der Waals surface area contributed by atoms with Crippen molar-refractivity contribution in [2.75, 3.05) is 0 Å². The molecule has 0 aliphatic rings. The van der Waals surface area contributed by atoms with Gasteiger partial charge in [0.2, 0.25) is 0 Å². The maximum Gasteiger partial charge on any atom is 0.0991 e. The average Bonchev–Trinajstić information content (AvgIpc) is 3.07. The van der Waals surface area contributed by atoms with Crippen LogP contribution in [0.2, 0.25) is 0 Å². The molecule has 3 aromatic rings. The van der Waals surface area contributed by atoms with Crippen LogP contribution in [-0.2, 0) is 0 Å². The van der Waals surface area contributed by atoms with E-state index in [1.165, 1.54) is 0 Å². The van der Waals surface area contributed by atoms with Crippen molar-refractivity contribution in [2.24, 2.45) is 0 Å². The fraction of sp³-hybridized carbons (Fsp3) is 0.100. The molecular weight excluding hydrogens is 282 g/mol. The van der Waals surface area contributed by atoms with Gasteiger partial charge < -0.3 is 0 Å². The lowest BCUT2D eigenvalue weighted by Crippen LogP contribution is -1.88. The summed E-state index contributed by atoms with van der Waals surface area (Å²) in [5, 5.41) is 16.9. The second-order valence-corrected chi connectivity index (χ2v) is 5.57. The highest BCUT2D eigenvalue weighted by atomic mass is 15.1. The number of nitrogens with zero attached hydrogens (tertiary/aromatic N) is 2. The number of rotatable bonds is 5. The Labute approximate surface area is 135 Å². The van der Waals surface area contributed by atoms with Crippen LogP contribution >= 0.6 is 0 Å². The second-order valence-electron chi connectivity index (χ2n) is 5.57. The highest BCUT2D eigenvalue weighted by Crippen LogP contribution is 2.26. The fourth-order valence-corrected chi connectivity index (χ4v) is 2.53. The number of nitriles is 1. The van der Waals surface area contributed by atoms with E-state index in [0.29, 0.717) is 5.56 Å². The Morgan fingerprint density at radius 2 is 1.65 bits per heavy atom. The van der Waals surface area contributed by atoms with E-state index in [2.05, 4.69) is 41.6 Å². The Balaban J connectivity index is 1.65. The van der Waals surface area contributed by atoms with Crippen LogP contribution in [0.3, 0.4) is 0 Å². The van der Waals surface area contributed by atoms with Crippen LogP contribution in [0.15, 0.2) is 61.8 Å². The number of hydrogen-bond donors (Lipinski definition) is 1. The molecule has 2 aromatic carbocycles. The maximum absolute atomic E-state index is 8.84. The minimum atomic E-state index is 0.666. The van der Waals surface area contributed by atoms with Crippen molar-refractivity contribution in [2.45, 2.75) is 12.8 Å². The SMILES string of the molecule is C=C(CCC(=C)c1ccc2[nH]ncc2c1)c1ccc(C#N)cc1. The van der Waals surface area contributed by atoms with Crippen molar-refractivity contribution in [3.8, 4) is 6.07 Å². The van der Waals surface area contributed by atoms with Crippen molar-refractivity contribution < 1.29 is 0 Å². The molecular formula is C20H17N3. The lowest BCUT2D eigenvalue weighted by molar-refractivity contribution is 1.09. The van der Waals surface area contributed by atoms with Gasteiger partial charge in [0.25, 0.3) is 0 Å². The first-order valence-corrected chi connectivity index (χ1v) is 7.47. The Morgan fingerprint density at radius 3 is 2.35 bits per heavy atom. The van der Waals surface area contributed by atoms with E-state index >= 15 is 0 Å². The van der Waals surface area contributed by atoms with E-state index in [0.717, 1.165) is 46.0 Å². The van der Waals surface area contributed by atoms with Gasteiger partial charge in [-0.3, -0.25) is 5.10 Å². The van der Waals surface area contributed by atoms with Crippen LogP contribution in [0.4, 0.5) is 0 Å². The number of aromatic nitrogens is 2. The molecule has 1 heterocycles. The van der Waals surface area contributed by atoms with Gasteiger partial charge in [-0.1, -0.05) is 31.4 Å². The van der Waals surface area contributed by atoms with Crippen molar-refractivity contribution >= 4 is 22.0 Å². The first kappa shape index (κ1) is 14.8. The summed E-state index contributed by atoms with van der Waals surface area (Å²) in [7, 11) is 0. The molecule has 0 aliphatic carbocycles. The lowest BCUT2D eigenvalue weighted by Gasteiger charge is -2.09. The summed E-state index contributed by atoms with van der Waals surface area (Å²) in [4.78, 5) is 0. The standard InChI is InChI=1S/C20H17N3/c1-14(17-7-5-16(12-21)6-8-17)3-4-15(2)18-9-10-20-19(11-18)13-22-23-20/h5-11,13H,1-4H2,(H,22,23). The molecule has 3 heteroatoms. The van der Waals surface area contributed by atoms with E-state index in [-0.39, 0.29) is 0 Å². The van der Waals surface area contributed by atoms with Crippen molar-refractivity contribution in [3.63, 3.8) is 0 Å². The van der Waals surface area contributed by atoms with Crippen LogP contribution in [0.5, 0.6) is 0 Å². The molecule has 0 unspecified atom stereocenters. The zero-order valence-electron chi connectivity index (χ0n) is 12.8. The number of benzene rings is 2. The number of nitrogens with one attached hydrogen (secondary N) is 1. The van der Waals surface area contributed by atoms with Gasteiger partial charge in [0, 0.05) is 5.39 Å². The van der Waals surface area contributed by atoms with E-state index in [9.17, 15) is 0 Å². The Kier molecular flexibility index (Phi) is 4.07. The maximum atomic E-state index is 8.84. The molecule has 0 spiro atoms. The van der Waals surface area contributed by atoms with E-state index in [1.54, 1.807) is 0 Å². The van der Waals surface area contributed by atoms with Gasteiger partial charge in [-0.15, -0.1) is 0 Å². The fourth-order valence-electron chi connectivity index (χ4n) is 2.53. The van der Waals surface area contributed by atoms with Crippen LogP contribution in [0, 0.1) is 11.3 Å². The van der Waals surface area contributed by atoms with Gasteiger partial charge >= 0.3 is 0 Å². The molecule has 0 amide bonds. The van der Waals surface area contributed by atoms with Crippen molar-refractivity contribution in [1.82, 2.24) is 10.2 Å². The Bertz CT molecular complexity index is 908. The second kappa shape index (κ2) is 6.33. The number of aromatic amines is 1. The minimum Gasteiger partial charge on any atom is -0.278 e. The topological polar surface area (TPSA) is 52.5 Å². The summed E-state index contributed by atoms with van der Waals surface area (Å²) in [6, 6.07) is 15.9. The zero-order valence-corrected chi connectivity index (χ0v) is 12.8. The molecule has 0 fully saturated rings. The smallest absolute Gasteiger partial charge is 0.0991 e. The first-order chi connectivity index (χ1) is 11.2. The third-order valence-corrected chi connectivity index (χ3v) is 4.00. The lowest BCUT2D eigenvalue weighted by atomic mass is 9.96.